The van der Waals surface area contributed by atoms with Gasteiger partial charge in [0.15, 0.2) is 5.69 Å². The number of hydrogen-bond acceptors (Lipinski definition) is 9. The molecule has 0 saturated carbocycles. The predicted molar refractivity (Wildman–Crippen MR) is 156 cm³/mol. The molecule has 1 N–H and O–H groups in total. The molecule has 9 heteroatoms. The summed E-state index contributed by atoms with van der Waals surface area (Å²) in [5, 5.41) is 5.59. The largest absolute Gasteiger partial charge is 0.496 e. The molecular formula is C30H30N2O5S2. The Hall–Kier alpha value is -3.56. The summed E-state index contributed by atoms with van der Waals surface area (Å²) in [6.07, 6.45) is 4.99. The first-order chi connectivity index (χ1) is 18.6. The molecule has 2 aliphatic heterocycles. The molecule has 0 aliphatic carbocycles. The Balaban J connectivity index is 1.52. The Morgan fingerprint density at radius 3 is 2.64 bits per heavy atom. The maximum Gasteiger partial charge on any atom is 0.363 e. The quantitative estimate of drug-likeness (QED) is 0.241. The number of rotatable bonds is 7. The molecule has 3 aromatic rings. The number of ether oxygens (including phenoxy) is 3. The molecule has 0 saturated heterocycles. The number of aromatic nitrogens is 1. The lowest BCUT2D eigenvalue weighted by atomic mass is 9.85. The van der Waals surface area contributed by atoms with Gasteiger partial charge in [-0.3, -0.25) is 0 Å². The van der Waals surface area contributed by atoms with Gasteiger partial charge in [-0.2, -0.15) is 0 Å². The molecule has 1 unspecified atom stereocenters. The Morgan fingerprint density at radius 1 is 1.15 bits per heavy atom. The Labute approximate surface area is 236 Å². The normalized spacial score (nSPS) is 17.4. The minimum Gasteiger partial charge on any atom is -0.496 e. The van der Waals surface area contributed by atoms with Crippen LogP contribution in [0, 0.1) is 0 Å². The fraction of sp³-hybridized carbons (Fsp3) is 0.300. The fourth-order valence-corrected chi connectivity index (χ4v) is 6.45. The molecule has 0 spiro atoms. The highest BCUT2D eigenvalue weighted by atomic mass is 32.2. The highest BCUT2D eigenvalue weighted by molar-refractivity contribution is 8.04. The Morgan fingerprint density at radius 2 is 1.95 bits per heavy atom. The molecule has 3 heterocycles. The number of fused-ring (bicyclic) bond motifs is 1. The summed E-state index contributed by atoms with van der Waals surface area (Å²) >= 11 is 2.87. The predicted octanol–water partition coefficient (Wildman–Crippen LogP) is 7.10. The second kappa shape index (κ2) is 10.9. The van der Waals surface area contributed by atoms with Crippen molar-refractivity contribution in [1.82, 2.24) is 4.98 Å². The van der Waals surface area contributed by atoms with Crippen LogP contribution >= 0.6 is 23.1 Å². The van der Waals surface area contributed by atoms with Gasteiger partial charge >= 0.3 is 11.9 Å². The zero-order valence-corrected chi connectivity index (χ0v) is 24.1. The molecule has 1 aromatic heterocycles. The van der Waals surface area contributed by atoms with Gasteiger partial charge in [0.1, 0.15) is 18.1 Å². The second-order valence-corrected chi connectivity index (χ2v) is 12.3. The van der Waals surface area contributed by atoms with Crippen LogP contribution in [0.2, 0.25) is 0 Å². The molecule has 0 radical (unpaired) electrons. The van der Waals surface area contributed by atoms with E-state index in [2.05, 4.69) is 44.1 Å². The van der Waals surface area contributed by atoms with Gasteiger partial charge in [0, 0.05) is 39.1 Å². The monoisotopic (exact) mass is 562 g/mol. The molecule has 0 amide bonds. The molecule has 0 fully saturated rings. The van der Waals surface area contributed by atoms with Crippen molar-refractivity contribution < 1.29 is 23.8 Å². The smallest absolute Gasteiger partial charge is 0.363 e. The third-order valence-electron chi connectivity index (χ3n) is 6.57. The standard InChI is InChI=1S/C30H30N2O5S2/c1-17-13-30(3,4)32-23-10-9-20(22(27(17)23)14-36-29(34)26-11-6-18(2)39-26)21-8-7-19(12-25(21)35-5)37-28(33)24-15-38-16-31-24/h7-13,15-16,18,32H,6,14H2,1-5H3. The fourth-order valence-electron chi connectivity index (χ4n) is 4.96. The topological polar surface area (TPSA) is 86.8 Å². The van der Waals surface area contributed by atoms with Gasteiger partial charge < -0.3 is 19.5 Å². The van der Waals surface area contributed by atoms with Gasteiger partial charge in [-0.15, -0.1) is 23.1 Å². The number of hydrogen-bond donors (Lipinski definition) is 1. The molecule has 5 rings (SSSR count). The van der Waals surface area contributed by atoms with Crippen molar-refractivity contribution in [3.63, 3.8) is 0 Å². The number of anilines is 1. The lowest BCUT2D eigenvalue weighted by Crippen LogP contribution is -2.32. The zero-order valence-electron chi connectivity index (χ0n) is 22.5. The van der Waals surface area contributed by atoms with Crippen molar-refractivity contribution >= 4 is 46.3 Å². The van der Waals surface area contributed by atoms with E-state index in [9.17, 15) is 9.59 Å². The van der Waals surface area contributed by atoms with Gasteiger partial charge in [-0.25, -0.2) is 14.6 Å². The summed E-state index contributed by atoms with van der Waals surface area (Å²) in [6.45, 7) is 8.50. The number of carbonyl (C=O) groups excluding carboxylic acids is 2. The molecular weight excluding hydrogens is 532 g/mol. The van der Waals surface area contributed by atoms with Crippen LogP contribution in [0.3, 0.4) is 0 Å². The molecule has 0 bridgehead atoms. The SMILES string of the molecule is COc1cc(OC(=O)c2cscn2)ccc1-c1ccc2c(c1COC(=O)C1=CCC(C)S1)C(C)=CC(C)(C)N2. The van der Waals surface area contributed by atoms with Crippen molar-refractivity contribution in [3.05, 3.63) is 75.1 Å². The first-order valence-corrected chi connectivity index (χ1v) is 14.4. The maximum absolute atomic E-state index is 12.9. The van der Waals surface area contributed by atoms with Gasteiger partial charge in [0.05, 0.1) is 23.1 Å². The molecule has 2 aromatic carbocycles. The van der Waals surface area contributed by atoms with Crippen LogP contribution < -0.4 is 14.8 Å². The summed E-state index contributed by atoms with van der Waals surface area (Å²) in [5.74, 6) is 0.0308. The van der Waals surface area contributed by atoms with E-state index >= 15 is 0 Å². The van der Waals surface area contributed by atoms with Crippen molar-refractivity contribution in [2.75, 3.05) is 12.4 Å². The average molecular weight is 563 g/mol. The highest BCUT2D eigenvalue weighted by Gasteiger charge is 2.28. The molecule has 2 aliphatic rings. The summed E-state index contributed by atoms with van der Waals surface area (Å²) in [6, 6.07) is 9.31. The molecule has 39 heavy (non-hydrogen) atoms. The molecule has 1 atom stereocenters. The van der Waals surface area contributed by atoms with E-state index in [4.69, 9.17) is 14.2 Å². The van der Waals surface area contributed by atoms with Gasteiger partial charge in [0.25, 0.3) is 0 Å². The number of esters is 2. The highest BCUT2D eigenvalue weighted by Crippen LogP contribution is 2.44. The van der Waals surface area contributed by atoms with Crippen molar-refractivity contribution in [3.8, 4) is 22.6 Å². The number of allylic oxidation sites excluding steroid dienone is 2. The van der Waals surface area contributed by atoms with Crippen LogP contribution in [0.1, 0.15) is 55.7 Å². The van der Waals surface area contributed by atoms with Crippen LogP contribution in [0.5, 0.6) is 11.5 Å². The van der Waals surface area contributed by atoms with Crippen LogP contribution in [-0.2, 0) is 16.1 Å². The summed E-state index contributed by atoms with van der Waals surface area (Å²) < 4.78 is 17.1. The molecule has 7 nitrogen and oxygen atoms in total. The summed E-state index contributed by atoms with van der Waals surface area (Å²) in [7, 11) is 1.57. The average Bonchev–Trinajstić information content (AvgIpc) is 3.58. The van der Waals surface area contributed by atoms with Crippen LogP contribution in [-0.4, -0.2) is 34.8 Å². The Bertz CT molecular complexity index is 1490. The first kappa shape index (κ1) is 27.0. The minimum atomic E-state index is -0.532. The van der Waals surface area contributed by atoms with Crippen molar-refractivity contribution in [2.24, 2.45) is 0 Å². The maximum atomic E-state index is 12.9. The number of methoxy groups -OCH3 is 1. The van der Waals surface area contributed by atoms with E-state index in [1.807, 2.05) is 24.3 Å². The number of thioether (sulfide) groups is 1. The lowest BCUT2D eigenvalue weighted by Gasteiger charge is -2.33. The minimum absolute atomic E-state index is 0.0978. The zero-order chi connectivity index (χ0) is 27.7. The van der Waals surface area contributed by atoms with Crippen molar-refractivity contribution in [2.45, 2.75) is 51.5 Å². The second-order valence-electron chi connectivity index (χ2n) is 10.1. The third-order valence-corrected chi connectivity index (χ3v) is 8.34. The number of nitrogens with zero attached hydrogens (tertiary/aromatic N) is 1. The molecule has 202 valence electrons. The van der Waals surface area contributed by atoms with Crippen LogP contribution in [0.15, 0.2) is 58.3 Å². The van der Waals surface area contributed by atoms with Gasteiger partial charge in [-0.05, 0) is 56.5 Å². The van der Waals surface area contributed by atoms with Crippen LogP contribution in [0.4, 0.5) is 5.69 Å². The van der Waals surface area contributed by atoms with E-state index in [0.717, 1.165) is 39.9 Å². The summed E-state index contributed by atoms with van der Waals surface area (Å²) in [5.41, 5.74) is 7.23. The van der Waals surface area contributed by atoms with Crippen LogP contribution in [0.25, 0.3) is 16.7 Å². The van der Waals surface area contributed by atoms with E-state index in [1.54, 1.807) is 41.9 Å². The number of thiazole rings is 1. The number of benzene rings is 2. The Kier molecular flexibility index (Phi) is 7.55. The van der Waals surface area contributed by atoms with Crippen molar-refractivity contribution in [1.29, 1.82) is 0 Å². The van der Waals surface area contributed by atoms with E-state index in [0.29, 0.717) is 21.7 Å². The van der Waals surface area contributed by atoms with Gasteiger partial charge in [0.2, 0.25) is 0 Å². The van der Waals surface area contributed by atoms with Gasteiger partial charge in [-0.1, -0.05) is 25.1 Å². The number of nitrogens with one attached hydrogen (secondary N) is 1. The number of carbonyl (C=O) groups is 2. The van der Waals surface area contributed by atoms with E-state index < -0.39 is 5.97 Å². The third kappa shape index (κ3) is 5.74. The van der Waals surface area contributed by atoms with E-state index in [1.165, 1.54) is 11.3 Å². The first-order valence-electron chi connectivity index (χ1n) is 12.6. The summed E-state index contributed by atoms with van der Waals surface area (Å²) in [4.78, 5) is 30.0. The lowest BCUT2D eigenvalue weighted by molar-refractivity contribution is -0.139. The van der Waals surface area contributed by atoms with E-state index in [-0.39, 0.29) is 23.8 Å².